The Hall–Kier alpha value is -0.130. The average Bonchev–Trinajstić information content (AvgIpc) is 1.99. The van der Waals surface area contributed by atoms with Crippen LogP contribution in [-0.4, -0.2) is 44.8 Å². The number of rotatable bonds is 5. The topological polar surface area (TPSA) is 46.6 Å². The maximum Gasteiger partial charge on any atom is 0.264 e. The second-order valence-electron chi connectivity index (χ2n) is 3.85. The molecule has 0 aliphatic carbocycles. The fourth-order valence-corrected chi connectivity index (χ4v) is 2.50. The zero-order valence-electron chi connectivity index (χ0n) is 9.06. The van der Waals surface area contributed by atoms with Crippen molar-refractivity contribution in [1.29, 1.82) is 0 Å². The molecule has 0 N–H and O–H groups in total. The molecule has 1 saturated heterocycles. The van der Waals surface area contributed by atoms with Gasteiger partial charge >= 0.3 is 0 Å². The Morgan fingerprint density at radius 2 is 1.86 bits per heavy atom. The fraction of sp³-hybridized carbons (Fsp3) is 1.00. The Bertz CT molecular complexity index is 266. The second kappa shape index (κ2) is 4.59. The van der Waals surface area contributed by atoms with Crippen molar-refractivity contribution in [2.24, 2.45) is 0 Å². The summed E-state index contributed by atoms with van der Waals surface area (Å²) in [7, 11) is -3.27. The van der Waals surface area contributed by atoms with E-state index >= 15 is 0 Å². The minimum atomic E-state index is -3.27. The van der Waals surface area contributed by atoms with E-state index in [-0.39, 0.29) is 6.10 Å². The molecule has 84 valence electrons. The van der Waals surface area contributed by atoms with Gasteiger partial charge in [-0.2, -0.15) is 8.42 Å². The summed E-state index contributed by atoms with van der Waals surface area (Å²) in [5, 5.41) is 0. The van der Waals surface area contributed by atoms with Gasteiger partial charge < -0.3 is 0 Å². The van der Waals surface area contributed by atoms with Gasteiger partial charge in [-0.05, 0) is 12.8 Å². The third-order valence-corrected chi connectivity index (χ3v) is 3.27. The lowest BCUT2D eigenvalue weighted by Gasteiger charge is -2.42. The summed E-state index contributed by atoms with van der Waals surface area (Å²) in [5.74, 6) is 0. The third-order valence-electron chi connectivity index (χ3n) is 2.65. The molecule has 1 heterocycles. The molecule has 1 aliphatic rings. The van der Waals surface area contributed by atoms with Gasteiger partial charge in [-0.3, -0.25) is 9.08 Å². The molecule has 14 heavy (non-hydrogen) atoms. The van der Waals surface area contributed by atoms with E-state index in [0.29, 0.717) is 6.04 Å². The Kier molecular flexibility index (Phi) is 3.92. The molecule has 0 atom stereocenters. The molecule has 5 heteroatoms. The molecule has 0 aromatic rings. The van der Waals surface area contributed by atoms with Crippen molar-refractivity contribution in [3.63, 3.8) is 0 Å². The van der Waals surface area contributed by atoms with Gasteiger partial charge in [0.15, 0.2) is 0 Å². The fourth-order valence-electron chi connectivity index (χ4n) is 1.88. The minimum absolute atomic E-state index is 0.120. The van der Waals surface area contributed by atoms with Crippen molar-refractivity contribution in [3.8, 4) is 0 Å². The molecule has 1 aliphatic heterocycles. The highest BCUT2D eigenvalue weighted by atomic mass is 32.2. The zero-order valence-corrected chi connectivity index (χ0v) is 9.88. The number of nitrogens with zero attached hydrogens (tertiary/aromatic N) is 1. The summed E-state index contributed by atoms with van der Waals surface area (Å²) in [6, 6.07) is 0.578. The van der Waals surface area contributed by atoms with E-state index < -0.39 is 10.1 Å². The maximum absolute atomic E-state index is 10.8. The van der Waals surface area contributed by atoms with Gasteiger partial charge in [0.1, 0.15) is 6.10 Å². The van der Waals surface area contributed by atoms with Crippen molar-refractivity contribution in [3.05, 3.63) is 0 Å². The Morgan fingerprint density at radius 3 is 2.21 bits per heavy atom. The molecule has 0 radical (unpaired) electrons. The van der Waals surface area contributed by atoms with Crippen molar-refractivity contribution in [2.45, 2.75) is 38.8 Å². The highest BCUT2D eigenvalue weighted by Crippen LogP contribution is 2.20. The molecular weight excluding hydrogens is 202 g/mol. The molecule has 1 rings (SSSR count). The Morgan fingerprint density at radius 1 is 1.36 bits per heavy atom. The van der Waals surface area contributed by atoms with E-state index in [2.05, 4.69) is 18.7 Å². The van der Waals surface area contributed by atoms with E-state index in [1.807, 2.05) is 0 Å². The smallest absolute Gasteiger partial charge is 0.264 e. The Balaban J connectivity index is 2.30. The summed E-state index contributed by atoms with van der Waals surface area (Å²) in [5.41, 5.74) is 0. The summed E-state index contributed by atoms with van der Waals surface area (Å²) in [4.78, 5) is 2.27. The van der Waals surface area contributed by atoms with Crippen LogP contribution in [0.25, 0.3) is 0 Å². The van der Waals surface area contributed by atoms with Crippen LogP contribution in [0, 0.1) is 0 Å². The van der Waals surface area contributed by atoms with Crippen LogP contribution in [0.5, 0.6) is 0 Å². The predicted octanol–water partition coefficient (Wildman–Crippen LogP) is 0.835. The number of likely N-dealkylation sites (tertiary alicyclic amines) is 1. The summed E-state index contributed by atoms with van der Waals surface area (Å²) >= 11 is 0. The molecule has 4 nitrogen and oxygen atoms in total. The summed E-state index contributed by atoms with van der Waals surface area (Å²) < 4.78 is 26.5. The van der Waals surface area contributed by atoms with Crippen LogP contribution in [0.4, 0.5) is 0 Å². The van der Waals surface area contributed by atoms with E-state index in [4.69, 9.17) is 4.18 Å². The summed E-state index contributed by atoms with van der Waals surface area (Å²) in [6.07, 6.45) is 3.21. The lowest BCUT2D eigenvalue weighted by Crippen LogP contribution is -2.56. The highest BCUT2D eigenvalue weighted by molar-refractivity contribution is 7.86. The molecule has 0 aromatic carbocycles. The first-order chi connectivity index (χ1) is 6.46. The van der Waals surface area contributed by atoms with Gasteiger partial charge in [-0.15, -0.1) is 0 Å². The van der Waals surface area contributed by atoms with Crippen molar-refractivity contribution in [2.75, 3.05) is 19.3 Å². The molecule has 1 fully saturated rings. The quantitative estimate of drug-likeness (QED) is 0.645. The first-order valence-electron chi connectivity index (χ1n) is 5.08. The van der Waals surface area contributed by atoms with Gasteiger partial charge in [-0.1, -0.05) is 13.8 Å². The highest BCUT2D eigenvalue weighted by Gasteiger charge is 2.33. The van der Waals surface area contributed by atoms with Crippen LogP contribution in [0.15, 0.2) is 0 Å². The standard InChI is InChI=1S/C9H19NO3S/c1-4-8(5-2)10-6-9(7-10)13-14(3,11)12/h8-9H,4-7H2,1-3H3. The second-order valence-corrected chi connectivity index (χ2v) is 5.45. The van der Waals surface area contributed by atoms with Gasteiger partial charge in [-0.25, -0.2) is 0 Å². The lowest BCUT2D eigenvalue weighted by atomic mass is 10.0. The maximum atomic E-state index is 10.8. The Labute approximate surface area is 86.4 Å². The SMILES string of the molecule is CCC(CC)N1CC(OS(C)(=O)=O)C1. The van der Waals surface area contributed by atoms with Crippen molar-refractivity contribution < 1.29 is 12.6 Å². The van der Waals surface area contributed by atoms with Gasteiger partial charge in [0.2, 0.25) is 0 Å². The number of hydrogen-bond acceptors (Lipinski definition) is 4. The molecule has 0 saturated carbocycles. The third kappa shape index (κ3) is 3.22. The van der Waals surface area contributed by atoms with Gasteiger partial charge in [0, 0.05) is 19.1 Å². The van der Waals surface area contributed by atoms with Crippen molar-refractivity contribution in [1.82, 2.24) is 4.90 Å². The predicted molar refractivity (Wildman–Crippen MR) is 55.7 cm³/mol. The minimum Gasteiger partial charge on any atom is -0.295 e. The van der Waals surface area contributed by atoms with Crippen LogP contribution in [0.3, 0.4) is 0 Å². The van der Waals surface area contributed by atoms with Crippen LogP contribution in [0.1, 0.15) is 26.7 Å². The monoisotopic (exact) mass is 221 g/mol. The first kappa shape index (κ1) is 11.9. The lowest BCUT2D eigenvalue weighted by molar-refractivity contribution is -0.00716. The number of hydrogen-bond donors (Lipinski definition) is 0. The molecule has 0 amide bonds. The first-order valence-corrected chi connectivity index (χ1v) is 6.90. The van der Waals surface area contributed by atoms with E-state index in [0.717, 1.165) is 32.2 Å². The van der Waals surface area contributed by atoms with Gasteiger partial charge in [0.25, 0.3) is 10.1 Å². The van der Waals surface area contributed by atoms with E-state index in [1.165, 1.54) is 0 Å². The molecule has 0 spiro atoms. The largest absolute Gasteiger partial charge is 0.295 e. The van der Waals surface area contributed by atoms with Crippen LogP contribution in [-0.2, 0) is 14.3 Å². The van der Waals surface area contributed by atoms with E-state index in [1.54, 1.807) is 0 Å². The van der Waals surface area contributed by atoms with Gasteiger partial charge in [0.05, 0.1) is 6.26 Å². The molecule has 0 unspecified atom stereocenters. The van der Waals surface area contributed by atoms with Crippen LogP contribution >= 0.6 is 0 Å². The summed E-state index contributed by atoms with van der Waals surface area (Å²) in [6.45, 7) is 5.80. The average molecular weight is 221 g/mol. The van der Waals surface area contributed by atoms with Crippen LogP contribution in [0.2, 0.25) is 0 Å². The van der Waals surface area contributed by atoms with E-state index in [9.17, 15) is 8.42 Å². The zero-order chi connectivity index (χ0) is 10.8. The molecule has 0 aromatic heterocycles. The molecular formula is C9H19NO3S. The van der Waals surface area contributed by atoms with Crippen LogP contribution < -0.4 is 0 Å². The normalized spacial score (nSPS) is 20.0. The van der Waals surface area contributed by atoms with Crippen molar-refractivity contribution >= 4 is 10.1 Å². The molecule has 0 bridgehead atoms.